The van der Waals surface area contributed by atoms with Gasteiger partial charge in [-0.2, -0.15) is 0 Å². The summed E-state index contributed by atoms with van der Waals surface area (Å²) < 4.78 is 0. The van der Waals surface area contributed by atoms with Crippen molar-refractivity contribution in [2.24, 2.45) is 23.2 Å². The van der Waals surface area contributed by atoms with Crippen LogP contribution in [-0.2, 0) is 17.0 Å². The third kappa shape index (κ3) is 4.39. The number of thioether (sulfide) groups is 1. The maximum absolute atomic E-state index is 13.1. The van der Waals surface area contributed by atoms with Crippen LogP contribution in [0.3, 0.4) is 0 Å². The quantitative estimate of drug-likeness (QED) is 0.549. The summed E-state index contributed by atoms with van der Waals surface area (Å²) in [5.41, 5.74) is 1.28. The van der Waals surface area contributed by atoms with E-state index in [0.717, 1.165) is 50.9 Å². The third-order valence-corrected chi connectivity index (χ3v) is 10.8. The number of aliphatic hydroxyl groups excluding tert-OH is 1. The van der Waals surface area contributed by atoms with Crippen LogP contribution in [0.25, 0.3) is 0 Å². The monoisotopic (exact) mass is 484 g/mol. The predicted octanol–water partition coefficient (Wildman–Crippen LogP) is 5.75. The summed E-state index contributed by atoms with van der Waals surface area (Å²) >= 11 is 3.71. The van der Waals surface area contributed by atoms with Gasteiger partial charge in [-0.15, -0.1) is 23.1 Å². The average molecular weight is 485 g/mol. The minimum Gasteiger partial charge on any atom is -0.392 e. The molecule has 2 heterocycles. The van der Waals surface area contributed by atoms with Crippen LogP contribution in [0, 0.1) is 23.2 Å². The number of amides is 1. The molecule has 0 spiro atoms. The first kappa shape index (κ1) is 23.4. The van der Waals surface area contributed by atoms with Gasteiger partial charge < -0.3 is 10.0 Å². The van der Waals surface area contributed by atoms with Crippen LogP contribution in [0.5, 0.6) is 0 Å². The molecular formula is C27H36N2O2S2. The Balaban J connectivity index is 1.33. The number of hydrogen-bond donors (Lipinski definition) is 1. The van der Waals surface area contributed by atoms with Crippen LogP contribution < -0.4 is 0 Å². The van der Waals surface area contributed by atoms with Crippen molar-refractivity contribution in [1.29, 1.82) is 0 Å². The molecule has 6 atom stereocenters. The molecular weight excluding hydrogens is 448 g/mol. The van der Waals surface area contributed by atoms with Gasteiger partial charge >= 0.3 is 0 Å². The second-order valence-corrected chi connectivity index (χ2v) is 12.9. The SMILES string of the molecule is C[C@H](C(=O)N1CCCC1)[C@H]1CC[C@]2(C)Cc3sc(CSc4ccccc4)nc3[C@H](C)[C@@H]2[C@H]1O. The van der Waals surface area contributed by atoms with Gasteiger partial charge in [0.05, 0.1) is 17.6 Å². The van der Waals surface area contributed by atoms with Gasteiger partial charge in [0.1, 0.15) is 5.01 Å². The van der Waals surface area contributed by atoms with Crippen LogP contribution in [0.1, 0.15) is 68.0 Å². The van der Waals surface area contributed by atoms with E-state index in [1.165, 1.54) is 20.5 Å². The molecule has 1 amide bonds. The van der Waals surface area contributed by atoms with Crippen molar-refractivity contribution >= 4 is 29.0 Å². The number of fused-ring (bicyclic) bond motifs is 2. The molecule has 1 N–H and O–H groups in total. The Morgan fingerprint density at radius 3 is 2.76 bits per heavy atom. The van der Waals surface area contributed by atoms with Crippen LogP contribution in [0.15, 0.2) is 35.2 Å². The lowest BCUT2D eigenvalue weighted by Gasteiger charge is -2.53. The Kier molecular flexibility index (Phi) is 6.62. The molecule has 1 aliphatic heterocycles. The summed E-state index contributed by atoms with van der Waals surface area (Å²) in [6, 6.07) is 10.5. The largest absolute Gasteiger partial charge is 0.392 e. The molecule has 0 unspecified atom stereocenters. The summed E-state index contributed by atoms with van der Waals surface area (Å²) in [5, 5.41) is 12.8. The second-order valence-electron chi connectivity index (χ2n) is 10.7. The summed E-state index contributed by atoms with van der Waals surface area (Å²) in [5.74, 6) is 1.46. The van der Waals surface area contributed by atoms with Gasteiger partial charge in [-0.3, -0.25) is 4.79 Å². The lowest BCUT2D eigenvalue weighted by Crippen LogP contribution is -2.53. The zero-order valence-electron chi connectivity index (χ0n) is 20.0. The average Bonchev–Trinajstić information content (AvgIpc) is 3.47. The second kappa shape index (κ2) is 9.35. The fourth-order valence-corrected chi connectivity index (χ4v) is 9.01. The van der Waals surface area contributed by atoms with Crippen molar-refractivity contribution in [2.45, 2.75) is 75.5 Å². The van der Waals surface area contributed by atoms with E-state index in [4.69, 9.17) is 4.98 Å². The summed E-state index contributed by atoms with van der Waals surface area (Å²) in [6.45, 7) is 8.44. The molecule has 2 aliphatic carbocycles. The van der Waals surface area contributed by atoms with E-state index in [1.807, 2.05) is 28.0 Å². The molecule has 5 rings (SSSR count). The highest BCUT2D eigenvalue weighted by Gasteiger charge is 2.54. The van der Waals surface area contributed by atoms with Gasteiger partial charge in [-0.25, -0.2) is 4.98 Å². The molecule has 0 radical (unpaired) electrons. The molecule has 6 heteroatoms. The standard InChI is InChI=1S/C27H36N2O2S2/c1-17(26(31)29-13-7-8-14-29)20-11-12-27(3)15-21-24(18(2)23(27)25(20)30)28-22(33-21)16-32-19-9-5-4-6-10-19/h4-6,9-10,17-18,20,23,25,30H,7-8,11-16H2,1-3H3/t17-,18+,20+,23+,25-,27+/m0/s1. The summed E-state index contributed by atoms with van der Waals surface area (Å²) in [6.07, 6.45) is 4.79. The van der Waals surface area contributed by atoms with E-state index in [-0.39, 0.29) is 35.0 Å². The molecule has 1 saturated heterocycles. The number of nitrogens with zero attached hydrogens (tertiary/aromatic N) is 2. The molecule has 0 bridgehead atoms. The van der Waals surface area contributed by atoms with E-state index < -0.39 is 6.10 Å². The van der Waals surface area contributed by atoms with Gasteiger partial charge in [0.25, 0.3) is 0 Å². The highest BCUT2D eigenvalue weighted by Crippen LogP contribution is 2.57. The molecule has 1 aromatic heterocycles. The third-order valence-electron chi connectivity index (χ3n) is 8.52. The van der Waals surface area contributed by atoms with E-state index >= 15 is 0 Å². The number of aliphatic hydroxyl groups is 1. The van der Waals surface area contributed by atoms with E-state index in [1.54, 1.807) is 0 Å². The molecule has 2 aromatic rings. The Morgan fingerprint density at radius 1 is 1.30 bits per heavy atom. The first-order chi connectivity index (χ1) is 15.9. The number of likely N-dealkylation sites (tertiary alicyclic amines) is 1. The number of rotatable bonds is 5. The number of thiazole rings is 1. The van der Waals surface area contributed by atoms with Crippen molar-refractivity contribution in [2.75, 3.05) is 13.1 Å². The Morgan fingerprint density at radius 2 is 2.03 bits per heavy atom. The molecule has 2 fully saturated rings. The highest BCUT2D eigenvalue weighted by molar-refractivity contribution is 7.98. The molecule has 4 nitrogen and oxygen atoms in total. The molecule has 3 aliphatic rings. The van der Waals surface area contributed by atoms with Crippen molar-refractivity contribution in [3.05, 3.63) is 45.9 Å². The van der Waals surface area contributed by atoms with Crippen LogP contribution >= 0.6 is 23.1 Å². The van der Waals surface area contributed by atoms with Crippen molar-refractivity contribution < 1.29 is 9.90 Å². The zero-order chi connectivity index (χ0) is 23.2. The molecule has 33 heavy (non-hydrogen) atoms. The smallest absolute Gasteiger partial charge is 0.225 e. The first-order valence-corrected chi connectivity index (χ1v) is 14.3. The van der Waals surface area contributed by atoms with E-state index in [2.05, 4.69) is 51.1 Å². The number of benzene rings is 1. The lowest BCUT2D eigenvalue weighted by molar-refractivity contribution is -0.143. The van der Waals surface area contributed by atoms with Crippen molar-refractivity contribution in [3.63, 3.8) is 0 Å². The fraction of sp³-hybridized carbons (Fsp3) is 0.630. The normalized spacial score (nSPS) is 32.3. The molecule has 1 aromatic carbocycles. The number of hydrogen-bond acceptors (Lipinski definition) is 5. The summed E-state index contributed by atoms with van der Waals surface area (Å²) in [7, 11) is 0. The lowest BCUT2D eigenvalue weighted by atomic mass is 9.53. The van der Waals surface area contributed by atoms with Gasteiger partial charge in [0.2, 0.25) is 5.91 Å². The molecule has 1 saturated carbocycles. The van der Waals surface area contributed by atoms with Crippen molar-refractivity contribution in [1.82, 2.24) is 9.88 Å². The van der Waals surface area contributed by atoms with E-state index in [0.29, 0.717) is 0 Å². The zero-order valence-corrected chi connectivity index (χ0v) is 21.6. The number of aromatic nitrogens is 1. The molecule has 178 valence electrons. The van der Waals surface area contributed by atoms with Gasteiger partial charge in [0.15, 0.2) is 0 Å². The minimum absolute atomic E-state index is 0.0481. The summed E-state index contributed by atoms with van der Waals surface area (Å²) in [4.78, 5) is 22.9. The maximum Gasteiger partial charge on any atom is 0.225 e. The minimum atomic E-state index is -0.447. The number of carbonyl (C=O) groups excluding carboxylic acids is 1. The van der Waals surface area contributed by atoms with Gasteiger partial charge in [-0.05, 0) is 61.5 Å². The van der Waals surface area contributed by atoms with Gasteiger partial charge in [-0.1, -0.05) is 39.0 Å². The predicted molar refractivity (Wildman–Crippen MR) is 136 cm³/mol. The van der Waals surface area contributed by atoms with Crippen LogP contribution in [0.2, 0.25) is 0 Å². The van der Waals surface area contributed by atoms with Gasteiger partial charge in [0, 0.05) is 34.7 Å². The highest BCUT2D eigenvalue weighted by atomic mass is 32.2. The fourth-order valence-electron chi connectivity index (χ4n) is 6.73. The van der Waals surface area contributed by atoms with E-state index in [9.17, 15) is 9.90 Å². The Hall–Kier alpha value is -1.37. The van der Waals surface area contributed by atoms with Crippen LogP contribution in [0.4, 0.5) is 0 Å². The van der Waals surface area contributed by atoms with Crippen LogP contribution in [-0.4, -0.2) is 40.1 Å². The van der Waals surface area contributed by atoms with Crippen molar-refractivity contribution in [3.8, 4) is 0 Å². The Bertz CT molecular complexity index is 987. The maximum atomic E-state index is 13.1. The first-order valence-electron chi connectivity index (χ1n) is 12.5. The topological polar surface area (TPSA) is 53.4 Å². The number of carbonyl (C=O) groups is 1. The Labute approximate surface area is 206 Å².